The number of rotatable bonds is 6. The van der Waals surface area contributed by atoms with Gasteiger partial charge < -0.3 is 14.5 Å². The fourth-order valence-electron chi connectivity index (χ4n) is 4.50. The molecule has 1 amide bonds. The van der Waals surface area contributed by atoms with Crippen LogP contribution in [0.2, 0.25) is 0 Å². The molecular weight excluding hydrogens is 463 g/mol. The van der Waals surface area contributed by atoms with Crippen molar-refractivity contribution >= 4 is 17.2 Å². The predicted octanol–water partition coefficient (Wildman–Crippen LogP) is 3.57. The third-order valence-electron chi connectivity index (χ3n) is 6.33. The van der Waals surface area contributed by atoms with Crippen molar-refractivity contribution in [2.75, 3.05) is 38.2 Å². The second kappa shape index (κ2) is 10.0. The summed E-state index contributed by atoms with van der Waals surface area (Å²) in [7, 11) is 1.55. The van der Waals surface area contributed by atoms with Gasteiger partial charge in [-0.3, -0.25) is 9.74 Å². The molecule has 4 aromatic rings. The van der Waals surface area contributed by atoms with Gasteiger partial charge in [0.2, 0.25) is 0 Å². The molecule has 1 aromatic carbocycles. The number of carbonyl (C=O) groups is 1. The number of piperazine rings is 1. The number of anilines is 1. The summed E-state index contributed by atoms with van der Waals surface area (Å²) in [6.45, 7) is 2.35. The van der Waals surface area contributed by atoms with Crippen molar-refractivity contribution in [3.8, 4) is 22.9 Å². The summed E-state index contributed by atoms with van der Waals surface area (Å²) in [4.78, 5) is 25.5. The number of pyridine rings is 2. The molecule has 0 N–H and O–H groups in total. The van der Waals surface area contributed by atoms with Gasteiger partial charge in [-0.2, -0.15) is 10.4 Å². The molecule has 1 fully saturated rings. The first-order valence-electron chi connectivity index (χ1n) is 11.4. The van der Waals surface area contributed by atoms with Gasteiger partial charge in [-0.1, -0.05) is 30.3 Å². The fourth-order valence-corrected chi connectivity index (χ4v) is 4.50. The van der Waals surface area contributed by atoms with Crippen molar-refractivity contribution in [3.63, 3.8) is 0 Å². The second-order valence-corrected chi connectivity index (χ2v) is 8.37. The number of carbonyl (C=O) groups excluding carboxylic acids is 1. The molecule has 0 radical (unpaired) electrons. The smallest absolute Gasteiger partial charge is 0.256 e. The van der Waals surface area contributed by atoms with Crippen molar-refractivity contribution in [1.82, 2.24) is 19.5 Å². The Morgan fingerprint density at radius 3 is 2.53 bits per heavy atom. The number of methoxy groups -OCH3 is 1. The van der Waals surface area contributed by atoms with E-state index in [2.05, 4.69) is 26.0 Å². The van der Waals surface area contributed by atoms with Crippen LogP contribution in [-0.4, -0.2) is 58.7 Å². The van der Waals surface area contributed by atoms with Gasteiger partial charge in [0.1, 0.15) is 11.9 Å². The number of ether oxygens (including phenoxy) is 1. The van der Waals surface area contributed by atoms with Crippen LogP contribution in [0.15, 0.2) is 67.1 Å². The van der Waals surface area contributed by atoms with Gasteiger partial charge in [0, 0.05) is 55.1 Å². The molecule has 0 aliphatic carbocycles. The average molecular weight is 487 g/mol. The molecule has 0 spiro atoms. The summed E-state index contributed by atoms with van der Waals surface area (Å²) in [6, 6.07) is 16.8. The van der Waals surface area contributed by atoms with Crippen molar-refractivity contribution in [2.24, 2.45) is 0 Å². The zero-order valence-electron chi connectivity index (χ0n) is 19.5. The van der Waals surface area contributed by atoms with Crippen LogP contribution in [0.1, 0.15) is 17.2 Å². The highest BCUT2D eigenvalue weighted by Gasteiger charge is 2.29. The number of hydrogen-bond donors (Lipinski definition) is 0. The van der Waals surface area contributed by atoms with Crippen LogP contribution in [0.3, 0.4) is 0 Å². The van der Waals surface area contributed by atoms with Crippen molar-refractivity contribution in [3.05, 3.63) is 78.2 Å². The number of amides is 1. The summed E-state index contributed by atoms with van der Waals surface area (Å²) in [5.74, 6) is 0.680. The van der Waals surface area contributed by atoms with Crippen LogP contribution in [0.25, 0.3) is 16.6 Å². The van der Waals surface area contributed by atoms with Gasteiger partial charge in [0.25, 0.3) is 5.91 Å². The Morgan fingerprint density at radius 2 is 1.89 bits per heavy atom. The third-order valence-corrected chi connectivity index (χ3v) is 6.33. The summed E-state index contributed by atoms with van der Waals surface area (Å²) in [5.41, 5.74) is 3.02. The maximum absolute atomic E-state index is 13.1. The van der Waals surface area contributed by atoms with Gasteiger partial charge in [0.05, 0.1) is 23.5 Å². The Kier molecular flexibility index (Phi) is 6.47. The Bertz CT molecular complexity index is 1410. The van der Waals surface area contributed by atoms with E-state index in [4.69, 9.17) is 4.74 Å². The largest absolute Gasteiger partial charge is 0.367 e. The minimum Gasteiger partial charge on any atom is -0.367 e. The maximum atomic E-state index is 13.1. The van der Waals surface area contributed by atoms with Crippen molar-refractivity contribution in [1.29, 1.82) is 5.26 Å². The normalized spacial score (nSPS) is 14.5. The van der Waals surface area contributed by atoms with Gasteiger partial charge in [-0.25, -0.2) is 9.50 Å². The van der Waals surface area contributed by atoms with E-state index in [1.807, 2.05) is 47.4 Å². The number of nitrogens with zero attached hydrogens (tertiary/aromatic N) is 6. The van der Waals surface area contributed by atoms with E-state index in [9.17, 15) is 14.6 Å². The molecule has 0 saturated carbocycles. The van der Waals surface area contributed by atoms with E-state index in [1.54, 1.807) is 13.3 Å². The van der Waals surface area contributed by atoms with Gasteiger partial charge >= 0.3 is 0 Å². The van der Waals surface area contributed by atoms with E-state index >= 15 is 0 Å². The molecule has 1 aliphatic heterocycles. The summed E-state index contributed by atoms with van der Waals surface area (Å²) < 4.78 is 19.9. The van der Waals surface area contributed by atoms with Crippen LogP contribution < -0.4 is 9.84 Å². The maximum Gasteiger partial charge on any atom is 0.256 e. The molecule has 0 unspecified atom stereocenters. The lowest BCUT2D eigenvalue weighted by Crippen LogP contribution is -2.50. The van der Waals surface area contributed by atoms with Gasteiger partial charge in [0.15, 0.2) is 11.9 Å². The highest BCUT2D eigenvalue weighted by Crippen LogP contribution is 2.31. The third kappa shape index (κ3) is 4.32. The molecule has 0 bridgehead atoms. The lowest BCUT2D eigenvalue weighted by Gasteiger charge is -2.36. The van der Waals surface area contributed by atoms with E-state index in [0.29, 0.717) is 48.4 Å². The Hall–Kier alpha value is -4.49. The molecule has 10 heteroatoms. The van der Waals surface area contributed by atoms with Gasteiger partial charge in [-0.15, -0.1) is 0 Å². The number of nitriles is 1. The van der Waals surface area contributed by atoms with E-state index < -0.39 is 6.10 Å². The number of benzene rings is 1. The number of hydrogen-bond acceptors (Lipinski definition) is 7. The quantitative estimate of drug-likeness (QED) is 0.411. The molecule has 5 rings (SSSR count). The SMILES string of the molecule is CO[C@@H](C(=O)N1CCN(c2ccc(-c3cc(OF)cn4ncc(C#N)c34)cn2)CC1)c1ccccc1. The first-order chi connectivity index (χ1) is 17.6. The molecule has 1 saturated heterocycles. The van der Waals surface area contributed by atoms with E-state index in [-0.39, 0.29) is 11.7 Å². The van der Waals surface area contributed by atoms with Gasteiger partial charge in [-0.05, 0) is 23.8 Å². The lowest BCUT2D eigenvalue weighted by molar-refractivity contribution is -0.142. The Labute approximate surface area is 206 Å². The summed E-state index contributed by atoms with van der Waals surface area (Å²) in [5, 5.41) is 13.6. The fraction of sp³-hybridized carbons (Fsp3) is 0.231. The van der Waals surface area contributed by atoms with Crippen LogP contribution in [0.4, 0.5) is 10.3 Å². The molecule has 3 aromatic heterocycles. The highest BCUT2D eigenvalue weighted by molar-refractivity contribution is 5.85. The van der Waals surface area contributed by atoms with Crippen LogP contribution in [0.5, 0.6) is 5.75 Å². The van der Waals surface area contributed by atoms with Crippen LogP contribution >= 0.6 is 0 Å². The first-order valence-corrected chi connectivity index (χ1v) is 11.4. The molecule has 9 nitrogen and oxygen atoms in total. The standard InChI is InChI=1S/C26H23FN6O3/c1-35-25(18-5-3-2-4-6-18)26(34)32-11-9-31(10-12-32)23-8-7-19(15-29-23)22-13-21(36-27)17-33-24(22)20(14-28)16-30-33/h2-8,13,15-17,25H,9-12H2,1H3/t25-/m1/s1. The molecule has 182 valence electrons. The zero-order valence-corrected chi connectivity index (χ0v) is 19.5. The lowest BCUT2D eigenvalue weighted by atomic mass is 10.1. The second-order valence-electron chi connectivity index (χ2n) is 8.37. The van der Waals surface area contributed by atoms with Crippen LogP contribution in [0, 0.1) is 11.3 Å². The summed E-state index contributed by atoms with van der Waals surface area (Å²) >= 11 is 0. The number of fused-ring (bicyclic) bond motifs is 1. The monoisotopic (exact) mass is 486 g/mol. The van der Waals surface area contributed by atoms with Crippen molar-refractivity contribution < 1.29 is 19.0 Å². The first kappa shape index (κ1) is 23.3. The average Bonchev–Trinajstić information content (AvgIpc) is 3.37. The molecule has 4 heterocycles. The number of halogens is 1. The minimum absolute atomic E-state index is 0.0279. The molecular formula is C26H23FN6O3. The van der Waals surface area contributed by atoms with Crippen LogP contribution in [-0.2, 0) is 9.53 Å². The van der Waals surface area contributed by atoms with E-state index in [0.717, 1.165) is 11.4 Å². The Balaban J connectivity index is 1.31. The molecule has 1 aliphatic rings. The minimum atomic E-state index is -0.627. The highest BCUT2D eigenvalue weighted by atomic mass is 19.3. The molecule has 1 atom stereocenters. The molecule has 36 heavy (non-hydrogen) atoms. The summed E-state index contributed by atoms with van der Waals surface area (Å²) in [6.07, 6.45) is 3.84. The predicted molar refractivity (Wildman–Crippen MR) is 130 cm³/mol. The topological polar surface area (TPSA) is 96.0 Å². The number of aromatic nitrogens is 3. The van der Waals surface area contributed by atoms with E-state index in [1.165, 1.54) is 23.0 Å². The Morgan fingerprint density at radius 1 is 1.11 bits per heavy atom. The zero-order chi connectivity index (χ0) is 25.1. The van der Waals surface area contributed by atoms with Crippen molar-refractivity contribution in [2.45, 2.75) is 6.10 Å².